The summed E-state index contributed by atoms with van der Waals surface area (Å²) in [5, 5.41) is 0. The van der Waals surface area contributed by atoms with Crippen molar-refractivity contribution < 1.29 is 16.8 Å². The fourth-order valence-corrected chi connectivity index (χ4v) is 5.63. The Morgan fingerprint density at radius 2 is 1.67 bits per heavy atom. The Labute approximate surface area is 139 Å². The molecule has 0 saturated carbocycles. The van der Waals surface area contributed by atoms with Crippen molar-refractivity contribution >= 4 is 25.8 Å². The first-order valence-electron chi connectivity index (χ1n) is 7.03. The molecule has 0 fully saturated rings. The van der Waals surface area contributed by atoms with E-state index in [0.717, 1.165) is 10.6 Å². The largest absolute Gasteiger partial charge is 0.276 e. The lowest BCUT2D eigenvalue weighted by molar-refractivity contribution is 0.582. The third-order valence-electron chi connectivity index (χ3n) is 3.68. The molecule has 2 heterocycles. The minimum atomic E-state index is -4.17. The minimum absolute atomic E-state index is 0.00306. The zero-order valence-electron chi connectivity index (χ0n) is 13.0. The van der Waals surface area contributed by atoms with E-state index in [2.05, 4.69) is 4.98 Å². The van der Waals surface area contributed by atoms with Crippen LogP contribution in [0.2, 0.25) is 0 Å². The Bertz CT molecular complexity index is 1090. The van der Waals surface area contributed by atoms with E-state index < -0.39 is 19.9 Å². The van der Waals surface area contributed by atoms with Gasteiger partial charge in [0.15, 0.2) is 9.84 Å². The maximum absolute atomic E-state index is 13.0. The van der Waals surface area contributed by atoms with Crippen LogP contribution < -0.4 is 9.86 Å². The molecular weight excluding hydrogens is 354 g/mol. The van der Waals surface area contributed by atoms with Crippen LogP contribution in [0.1, 0.15) is 5.69 Å². The van der Waals surface area contributed by atoms with E-state index in [9.17, 15) is 21.6 Å². The molecule has 1 aliphatic rings. The lowest BCUT2D eigenvalue weighted by atomic mass is 10.4. The van der Waals surface area contributed by atoms with Crippen molar-refractivity contribution in [1.82, 2.24) is 9.55 Å². The molecule has 10 heteroatoms. The lowest BCUT2D eigenvalue weighted by Crippen LogP contribution is -2.31. The minimum Gasteiger partial charge on any atom is -0.276 e. The first kappa shape index (κ1) is 16.7. The second kappa shape index (κ2) is 5.42. The summed E-state index contributed by atoms with van der Waals surface area (Å²) in [4.78, 5) is 15.5. The first-order valence-corrected chi connectivity index (χ1v) is 10.4. The highest BCUT2D eigenvalue weighted by Gasteiger charge is 2.35. The van der Waals surface area contributed by atoms with Gasteiger partial charge in [-0.3, -0.25) is 9.36 Å². The Kier molecular flexibility index (Phi) is 3.76. The summed E-state index contributed by atoms with van der Waals surface area (Å²) in [6, 6.07) is 6.72. The molecule has 8 nitrogen and oxygen atoms in total. The van der Waals surface area contributed by atoms with Gasteiger partial charge in [-0.2, -0.15) is 0 Å². The second-order valence-electron chi connectivity index (χ2n) is 5.48. The van der Waals surface area contributed by atoms with E-state index in [1.807, 2.05) is 0 Å². The number of hydrogen-bond donors (Lipinski definition) is 0. The number of anilines is 1. The molecule has 3 rings (SSSR count). The second-order valence-corrected chi connectivity index (χ2v) is 9.30. The van der Waals surface area contributed by atoms with E-state index >= 15 is 0 Å². The van der Waals surface area contributed by atoms with Crippen molar-refractivity contribution in [2.45, 2.75) is 23.3 Å². The summed E-state index contributed by atoms with van der Waals surface area (Å²) in [5.74, 6) is 0.00306. The summed E-state index contributed by atoms with van der Waals surface area (Å²) in [5.41, 5.74) is 0.0522. The van der Waals surface area contributed by atoms with Gasteiger partial charge in [0.2, 0.25) is 5.95 Å². The van der Waals surface area contributed by atoms with Crippen LogP contribution in [0.5, 0.6) is 0 Å². The number of rotatable bonds is 3. The van der Waals surface area contributed by atoms with E-state index in [4.69, 9.17) is 0 Å². The average Bonchev–Trinajstić information content (AvgIpc) is 2.91. The van der Waals surface area contributed by atoms with Crippen molar-refractivity contribution in [3.05, 3.63) is 46.4 Å². The maximum Gasteiger partial charge on any atom is 0.267 e. The van der Waals surface area contributed by atoms with Gasteiger partial charge < -0.3 is 0 Å². The molecule has 24 heavy (non-hydrogen) atoms. The number of aromatic nitrogens is 2. The van der Waals surface area contributed by atoms with E-state index in [1.165, 1.54) is 34.9 Å². The smallest absolute Gasteiger partial charge is 0.267 e. The zero-order chi connectivity index (χ0) is 17.7. The molecule has 0 saturated heterocycles. The molecule has 1 aromatic carbocycles. The van der Waals surface area contributed by atoms with E-state index in [1.54, 1.807) is 6.92 Å². The number of sulfone groups is 1. The monoisotopic (exact) mass is 369 g/mol. The van der Waals surface area contributed by atoms with Crippen molar-refractivity contribution in [2.75, 3.05) is 17.1 Å². The van der Waals surface area contributed by atoms with E-state index in [0.29, 0.717) is 5.69 Å². The predicted octanol–water partition coefficient (Wildman–Crippen LogP) is 0.164. The third kappa shape index (κ3) is 2.61. The maximum atomic E-state index is 13.0. The van der Waals surface area contributed by atoms with Crippen LogP contribution in [0.4, 0.5) is 5.95 Å². The van der Waals surface area contributed by atoms with Gasteiger partial charge in [0.25, 0.3) is 15.6 Å². The molecule has 0 N–H and O–H groups in total. The van der Waals surface area contributed by atoms with Gasteiger partial charge in [0.1, 0.15) is 4.90 Å². The zero-order valence-corrected chi connectivity index (χ0v) is 14.6. The molecule has 2 aromatic rings. The number of aryl methyl sites for hydroxylation is 1. The van der Waals surface area contributed by atoms with Crippen LogP contribution in [0, 0.1) is 6.92 Å². The lowest BCUT2D eigenvalue weighted by Gasteiger charge is -2.19. The van der Waals surface area contributed by atoms with Crippen LogP contribution in [0.25, 0.3) is 0 Å². The topological polar surface area (TPSA) is 106 Å². The Morgan fingerprint density at radius 3 is 2.29 bits per heavy atom. The Hall–Kier alpha value is -2.20. The van der Waals surface area contributed by atoms with Crippen LogP contribution >= 0.6 is 0 Å². The molecule has 0 bridgehead atoms. The molecular formula is C14H15N3O5S2. The van der Waals surface area contributed by atoms with E-state index in [-0.39, 0.29) is 34.4 Å². The summed E-state index contributed by atoms with van der Waals surface area (Å²) in [7, 11) is -7.90. The highest BCUT2D eigenvalue weighted by Crippen LogP contribution is 2.29. The van der Waals surface area contributed by atoms with Gasteiger partial charge in [-0.25, -0.2) is 26.1 Å². The molecule has 128 valence electrons. The predicted molar refractivity (Wildman–Crippen MR) is 87.3 cm³/mol. The average molecular weight is 369 g/mol. The summed E-state index contributed by atoms with van der Waals surface area (Å²) >= 11 is 0. The van der Waals surface area contributed by atoms with Gasteiger partial charge in [-0.15, -0.1) is 0 Å². The van der Waals surface area contributed by atoms with Crippen LogP contribution in [-0.2, 0) is 26.4 Å². The van der Waals surface area contributed by atoms with Crippen LogP contribution in [-0.4, -0.2) is 39.2 Å². The van der Waals surface area contributed by atoms with Gasteiger partial charge >= 0.3 is 0 Å². The molecule has 0 atom stereocenters. The fourth-order valence-electron chi connectivity index (χ4n) is 2.61. The SMILES string of the molecule is Cc1cc(=O)n2c(n1)N(S(=O)(=O)c1ccccc1S(C)(=O)=O)CC2. The van der Waals surface area contributed by atoms with Gasteiger partial charge in [0, 0.05) is 24.6 Å². The quantitative estimate of drug-likeness (QED) is 0.763. The van der Waals surface area contributed by atoms with Gasteiger partial charge in [0.05, 0.1) is 11.4 Å². The first-order chi connectivity index (χ1) is 11.1. The number of benzene rings is 1. The van der Waals surface area contributed by atoms with Crippen LogP contribution in [0.3, 0.4) is 0 Å². The van der Waals surface area contributed by atoms with Gasteiger partial charge in [-0.1, -0.05) is 12.1 Å². The fraction of sp³-hybridized carbons (Fsp3) is 0.286. The number of nitrogens with zero attached hydrogens (tertiary/aromatic N) is 3. The molecule has 1 aliphatic heterocycles. The highest BCUT2D eigenvalue weighted by atomic mass is 32.2. The summed E-state index contributed by atoms with van der Waals surface area (Å²) in [6.07, 6.45) is 0.951. The third-order valence-corrected chi connectivity index (χ3v) is 6.80. The highest BCUT2D eigenvalue weighted by molar-refractivity contribution is 7.95. The van der Waals surface area contributed by atoms with Crippen molar-refractivity contribution in [3.8, 4) is 0 Å². The summed E-state index contributed by atoms with van der Waals surface area (Å²) in [6.45, 7) is 1.78. The van der Waals surface area contributed by atoms with Crippen LogP contribution in [0.15, 0.2) is 44.9 Å². The van der Waals surface area contributed by atoms with Crippen molar-refractivity contribution in [1.29, 1.82) is 0 Å². The molecule has 0 aliphatic carbocycles. The normalized spacial score (nSPS) is 14.7. The summed E-state index contributed by atoms with van der Waals surface area (Å²) < 4.78 is 52.1. The molecule has 1 aromatic heterocycles. The van der Waals surface area contributed by atoms with Crippen molar-refractivity contribution in [2.24, 2.45) is 0 Å². The molecule has 0 spiro atoms. The number of fused-ring (bicyclic) bond motifs is 1. The molecule has 0 radical (unpaired) electrons. The molecule has 0 amide bonds. The number of hydrogen-bond acceptors (Lipinski definition) is 6. The standard InChI is InChI=1S/C14H15N3O5S2/c1-10-9-13(18)16-7-8-17(14(16)15-10)24(21,22)12-6-4-3-5-11(12)23(2,19)20/h3-6,9H,7-8H2,1-2H3. The van der Waals surface area contributed by atoms with Gasteiger partial charge in [-0.05, 0) is 19.1 Å². The Balaban J connectivity index is 2.22. The Morgan fingerprint density at radius 1 is 1.04 bits per heavy atom. The number of sulfonamides is 1. The molecule has 0 unspecified atom stereocenters. The van der Waals surface area contributed by atoms with Crippen molar-refractivity contribution in [3.63, 3.8) is 0 Å².